The maximum absolute atomic E-state index is 4.62. The standard InChI is InChI=1S/C13H20N4S/c1-5-14-7-13-9(2)16-17(10(13)3)8-12-6-15-11(4)18-12/h6,14H,5,7-8H2,1-4H3. The smallest absolute Gasteiger partial charge is 0.0897 e. The molecule has 4 nitrogen and oxygen atoms in total. The lowest BCUT2D eigenvalue weighted by atomic mass is 10.2. The molecule has 18 heavy (non-hydrogen) atoms. The minimum absolute atomic E-state index is 0.824. The van der Waals surface area contributed by atoms with Crippen molar-refractivity contribution in [3.05, 3.63) is 33.0 Å². The Morgan fingerprint density at radius 1 is 1.33 bits per heavy atom. The largest absolute Gasteiger partial charge is 0.313 e. The van der Waals surface area contributed by atoms with E-state index in [0.29, 0.717) is 0 Å². The fourth-order valence-corrected chi connectivity index (χ4v) is 2.80. The minimum Gasteiger partial charge on any atom is -0.313 e. The Labute approximate surface area is 112 Å². The summed E-state index contributed by atoms with van der Waals surface area (Å²) in [5.41, 5.74) is 3.69. The molecule has 0 unspecified atom stereocenters. The summed E-state index contributed by atoms with van der Waals surface area (Å²) in [5, 5.41) is 9.10. The van der Waals surface area contributed by atoms with Crippen LogP contribution in [0.15, 0.2) is 6.20 Å². The molecule has 2 rings (SSSR count). The number of rotatable bonds is 5. The first kappa shape index (κ1) is 13.2. The number of aryl methyl sites for hydroxylation is 2. The summed E-state index contributed by atoms with van der Waals surface area (Å²) in [6.07, 6.45) is 1.94. The first-order chi connectivity index (χ1) is 8.61. The lowest BCUT2D eigenvalue weighted by Gasteiger charge is -2.04. The van der Waals surface area contributed by atoms with Crippen LogP contribution in [0.5, 0.6) is 0 Å². The molecule has 0 aliphatic heterocycles. The SMILES string of the molecule is CCNCc1c(C)nn(Cc2cnc(C)s2)c1C. The van der Waals surface area contributed by atoms with Crippen LogP contribution in [0.2, 0.25) is 0 Å². The average Bonchev–Trinajstić information content (AvgIpc) is 2.84. The van der Waals surface area contributed by atoms with Crippen LogP contribution in [-0.2, 0) is 13.1 Å². The van der Waals surface area contributed by atoms with E-state index in [1.54, 1.807) is 11.3 Å². The molecule has 0 amide bonds. The number of thiazole rings is 1. The summed E-state index contributed by atoms with van der Waals surface area (Å²) < 4.78 is 2.08. The summed E-state index contributed by atoms with van der Waals surface area (Å²) >= 11 is 1.74. The molecule has 0 aliphatic rings. The summed E-state index contributed by atoms with van der Waals surface area (Å²) in [6.45, 7) is 11.1. The highest BCUT2D eigenvalue weighted by atomic mass is 32.1. The van der Waals surface area contributed by atoms with Crippen LogP contribution in [0.4, 0.5) is 0 Å². The highest BCUT2D eigenvalue weighted by Gasteiger charge is 2.11. The van der Waals surface area contributed by atoms with Crippen molar-refractivity contribution >= 4 is 11.3 Å². The molecule has 2 aromatic heterocycles. The Balaban J connectivity index is 2.18. The molecule has 0 fully saturated rings. The van der Waals surface area contributed by atoms with Gasteiger partial charge in [0, 0.05) is 28.9 Å². The Morgan fingerprint density at radius 3 is 2.72 bits per heavy atom. The van der Waals surface area contributed by atoms with Crippen LogP contribution in [0.25, 0.3) is 0 Å². The highest BCUT2D eigenvalue weighted by Crippen LogP contribution is 2.17. The normalized spacial score (nSPS) is 11.1. The van der Waals surface area contributed by atoms with Gasteiger partial charge in [0.05, 0.1) is 17.2 Å². The Hall–Kier alpha value is -1.20. The van der Waals surface area contributed by atoms with Crippen molar-refractivity contribution in [2.45, 2.75) is 40.8 Å². The van der Waals surface area contributed by atoms with Gasteiger partial charge in [0.1, 0.15) is 0 Å². The predicted octanol–water partition coefficient (Wildman–Crippen LogP) is 2.42. The van der Waals surface area contributed by atoms with Gasteiger partial charge in [-0.25, -0.2) is 4.98 Å². The van der Waals surface area contributed by atoms with Crippen LogP contribution < -0.4 is 5.32 Å². The van der Waals surface area contributed by atoms with Crippen molar-refractivity contribution in [2.24, 2.45) is 0 Å². The van der Waals surface area contributed by atoms with E-state index in [2.05, 4.69) is 40.9 Å². The van der Waals surface area contributed by atoms with Crippen molar-refractivity contribution in [3.8, 4) is 0 Å². The van der Waals surface area contributed by atoms with Crippen molar-refractivity contribution in [3.63, 3.8) is 0 Å². The second kappa shape index (κ2) is 5.63. The molecule has 0 aliphatic carbocycles. The van der Waals surface area contributed by atoms with Crippen molar-refractivity contribution in [2.75, 3.05) is 6.54 Å². The fourth-order valence-electron chi connectivity index (χ4n) is 2.02. The van der Waals surface area contributed by atoms with Crippen LogP contribution in [0, 0.1) is 20.8 Å². The van der Waals surface area contributed by atoms with E-state index < -0.39 is 0 Å². The summed E-state index contributed by atoms with van der Waals surface area (Å²) in [7, 11) is 0. The molecule has 2 aromatic rings. The second-order valence-electron chi connectivity index (χ2n) is 4.43. The van der Waals surface area contributed by atoms with Gasteiger partial charge in [-0.1, -0.05) is 6.92 Å². The lowest BCUT2D eigenvalue weighted by Crippen LogP contribution is -2.13. The van der Waals surface area contributed by atoms with Gasteiger partial charge in [-0.05, 0) is 27.3 Å². The molecule has 1 N–H and O–H groups in total. The number of nitrogens with zero attached hydrogens (tertiary/aromatic N) is 3. The number of hydrogen-bond donors (Lipinski definition) is 1. The third kappa shape index (κ3) is 2.79. The van der Waals surface area contributed by atoms with E-state index in [1.165, 1.54) is 16.1 Å². The molecular formula is C13H20N4S. The molecule has 0 saturated heterocycles. The van der Waals surface area contributed by atoms with Gasteiger partial charge in [-0.15, -0.1) is 11.3 Å². The molecule has 5 heteroatoms. The molecule has 98 valence electrons. The number of nitrogens with one attached hydrogen (secondary N) is 1. The van der Waals surface area contributed by atoms with Gasteiger partial charge in [-0.2, -0.15) is 5.10 Å². The maximum atomic E-state index is 4.62. The first-order valence-electron chi connectivity index (χ1n) is 6.26. The molecule has 0 bridgehead atoms. The zero-order valence-electron chi connectivity index (χ0n) is 11.4. The molecule has 0 saturated carbocycles. The summed E-state index contributed by atoms with van der Waals surface area (Å²) in [5.74, 6) is 0. The summed E-state index contributed by atoms with van der Waals surface area (Å²) in [4.78, 5) is 5.54. The number of hydrogen-bond acceptors (Lipinski definition) is 4. The molecule has 0 radical (unpaired) electrons. The predicted molar refractivity (Wildman–Crippen MR) is 75.0 cm³/mol. The van der Waals surface area contributed by atoms with Gasteiger partial charge in [0.2, 0.25) is 0 Å². The molecule has 0 aromatic carbocycles. The first-order valence-corrected chi connectivity index (χ1v) is 7.08. The summed E-state index contributed by atoms with van der Waals surface area (Å²) in [6, 6.07) is 0. The van der Waals surface area contributed by atoms with Gasteiger partial charge < -0.3 is 5.32 Å². The second-order valence-corrected chi connectivity index (χ2v) is 5.75. The molecule has 2 heterocycles. The van der Waals surface area contributed by atoms with E-state index >= 15 is 0 Å². The van der Waals surface area contributed by atoms with E-state index in [1.807, 2.05) is 13.1 Å². The van der Waals surface area contributed by atoms with E-state index in [4.69, 9.17) is 0 Å². The number of aromatic nitrogens is 3. The van der Waals surface area contributed by atoms with Gasteiger partial charge >= 0.3 is 0 Å². The third-order valence-corrected chi connectivity index (χ3v) is 3.96. The van der Waals surface area contributed by atoms with Crippen LogP contribution >= 0.6 is 11.3 Å². The van der Waals surface area contributed by atoms with Crippen LogP contribution in [0.3, 0.4) is 0 Å². The lowest BCUT2D eigenvalue weighted by molar-refractivity contribution is 0.661. The zero-order chi connectivity index (χ0) is 13.1. The Bertz CT molecular complexity index is 527. The monoisotopic (exact) mass is 264 g/mol. The Morgan fingerprint density at radius 2 is 2.11 bits per heavy atom. The van der Waals surface area contributed by atoms with Crippen LogP contribution in [-0.4, -0.2) is 21.3 Å². The van der Waals surface area contributed by atoms with Crippen molar-refractivity contribution in [1.29, 1.82) is 0 Å². The molecule has 0 atom stereocenters. The average molecular weight is 264 g/mol. The van der Waals surface area contributed by atoms with Gasteiger partial charge in [-0.3, -0.25) is 4.68 Å². The maximum Gasteiger partial charge on any atom is 0.0897 e. The minimum atomic E-state index is 0.824. The van der Waals surface area contributed by atoms with E-state index in [9.17, 15) is 0 Å². The van der Waals surface area contributed by atoms with Gasteiger partial charge in [0.25, 0.3) is 0 Å². The van der Waals surface area contributed by atoms with Gasteiger partial charge in [0.15, 0.2) is 0 Å². The van der Waals surface area contributed by atoms with E-state index in [-0.39, 0.29) is 0 Å². The molecular weight excluding hydrogens is 244 g/mol. The Kier molecular flexibility index (Phi) is 4.14. The topological polar surface area (TPSA) is 42.7 Å². The van der Waals surface area contributed by atoms with Crippen molar-refractivity contribution < 1.29 is 0 Å². The molecule has 0 spiro atoms. The van der Waals surface area contributed by atoms with Crippen molar-refractivity contribution in [1.82, 2.24) is 20.1 Å². The highest BCUT2D eigenvalue weighted by molar-refractivity contribution is 7.11. The third-order valence-electron chi connectivity index (χ3n) is 3.06. The zero-order valence-corrected chi connectivity index (χ0v) is 12.3. The van der Waals surface area contributed by atoms with Crippen LogP contribution in [0.1, 0.15) is 33.8 Å². The van der Waals surface area contributed by atoms with E-state index in [0.717, 1.165) is 30.3 Å². The quantitative estimate of drug-likeness (QED) is 0.902. The fraction of sp³-hybridized carbons (Fsp3) is 0.538.